The van der Waals surface area contributed by atoms with Crippen LogP contribution in [0.1, 0.15) is 62.3 Å². The Morgan fingerprint density at radius 3 is 2.62 bits per heavy atom. The van der Waals surface area contributed by atoms with Gasteiger partial charge in [0.2, 0.25) is 0 Å². The number of aliphatic hydroxyl groups is 1. The average Bonchev–Trinajstić information content (AvgIpc) is 3.62. The summed E-state index contributed by atoms with van der Waals surface area (Å²) in [5, 5.41) is 23.6. The number of ether oxygens (including phenoxy) is 1. The molecule has 0 radical (unpaired) electrons. The molecule has 1 unspecified atom stereocenters. The Bertz CT molecular complexity index is 1800. The van der Waals surface area contributed by atoms with Gasteiger partial charge in [-0.15, -0.1) is 0 Å². The number of anilines is 1. The molecule has 3 aliphatic rings. The smallest absolute Gasteiger partial charge is 0.319 e. The van der Waals surface area contributed by atoms with Crippen LogP contribution >= 0.6 is 0 Å². The van der Waals surface area contributed by atoms with Crippen molar-refractivity contribution in [3.8, 4) is 23.0 Å². The van der Waals surface area contributed by atoms with Gasteiger partial charge in [-0.2, -0.15) is 9.97 Å². The number of nitrogens with two attached hydrogens (primary N) is 1. The molecule has 0 aliphatic carbocycles. The van der Waals surface area contributed by atoms with Crippen molar-refractivity contribution in [3.05, 3.63) is 53.1 Å². The Kier molecular flexibility index (Phi) is 7.73. The predicted octanol–water partition coefficient (Wildman–Crippen LogP) is 5.46. The Hall–Kier alpha value is -4.02. The van der Waals surface area contributed by atoms with Crippen molar-refractivity contribution in [2.45, 2.75) is 70.4 Å². The van der Waals surface area contributed by atoms with Gasteiger partial charge in [0, 0.05) is 24.2 Å². The number of phenols is 1. The third-order valence-corrected chi connectivity index (χ3v) is 10.1. The number of rotatable bonds is 7. The highest BCUT2D eigenvalue weighted by Gasteiger charge is 2.45. The Balaban J connectivity index is 1.46. The summed E-state index contributed by atoms with van der Waals surface area (Å²) >= 11 is 0. The molecule has 0 saturated carbocycles. The van der Waals surface area contributed by atoms with E-state index in [-0.39, 0.29) is 23.1 Å². The van der Waals surface area contributed by atoms with Gasteiger partial charge in [0.25, 0.3) is 0 Å². The number of hydrogen-bond donors (Lipinski definition) is 3. The van der Waals surface area contributed by atoms with E-state index >= 15 is 4.39 Å². The lowest BCUT2D eigenvalue weighted by Gasteiger charge is -2.33. The number of aryl methyl sites for hydroxylation is 2. The quantitative estimate of drug-likeness (QED) is 0.250. The molecule has 3 aliphatic heterocycles. The number of aliphatic hydroxyl groups excluding tert-OH is 1. The minimum atomic E-state index is -0.472. The van der Waals surface area contributed by atoms with Gasteiger partial charge < -0.3 is 25.6 Å². The maximum atomic E-state index is 15.1. The van der Waals surface area contributed by atoms with Crippen molar-refractivity contribution in [2.75, 3.05) is 37.7 Å². The molecule has 2 aromatic heterocycles. The number of pyridine rings is 1. The maximum Gasteiger partial charge on any atom is 0.319 e. The third kappa shape index (κ3) is 5.13. The van der Waals surface area contributed by atoms with E-state index in [9.17, 15) is 10.2 Å². The summed E-state index contributed by atoms with van der Waals surface area (Å²) in [7, 11) is 0. The number of fused-ring (bicyclic) bond motifs is 3. The molecule has 9 nitrogen and oxygen atoms in total. The predicted molar refractivity (Wildman–Crippen MR) is 175 cm³/mol. The first kappa shape index (κ1) is 29.7. The molecule has 10 heteroatoms. The number of phenolic OH excluding ortho intramolecular Hbond substituents is 1. The van der Waals surface area contributed by atoms with Crippen molar-refractivity contribution in [1.29, 1.82) is 0 Å². The highest BCUT2D eigenvalue weighted by Crippen LogP contribution is 2.42. The molecule has 0 spiro atoms. The lowest BCUT2D eigenvalue weighted by Crippen LogP contribution is -2.43. The summed E-state index contributed by atoms with van der Waals surface area (Å²) in [4.78, 5) is 19.7. The second-order valence-corrected chi connectivity index (χ2v) is 12.8. The molecule has 4 N–H and O–H groups in total. The monoisotopic (exact) mass is 612 g/mol. The minimum Gasteiger partial charge on any atom is -0.508 e. The first-order valence-corrected chi connectivity index (χ1v) is 16.2. The van der Waals surface area contributed by atoms with E-state index in [0.717, 1.165) is 56.3 Å². The van der Waals surface area contributed by atoms with E-state index in [2.05, 4.69) is 9.80 Å². The zero-order chi connectivity index (χ0) is 31.3. The molecule has 0 amide bonds. The van der Waals surface area contributed by atoms with E-state index in [1.807, 2.05) is 13.8 Å². The summed E-state index contributed by atoms with van der Waals surface area (Å²) in [5.74, 6) is 0.418. The Morgan fingerprint density at radius 2 is 1.89 bits per heavy atom. The fraction of sp³-hybridized carbons (Fsp3) is 0.457. The van der Waals surface area contributed by atoms with Crippen molar-refractivity contribution < 1.29 is 19.3 Å². The number of aromatic nitrogens is 3. The zero-order valence-corrected chi connectivity index (χ0v) is 26.0. The van der Waals surface area contributed by atoms with Crippen molar-refractivity contribution in [1.82, 2.24) is 19.9 Å². The molecule has 45 heavy (non-hydrogen) atoms. The van der Waals surface area contributed by atoms with Crippen LogP contribution in [0.15, 0.2) is 30.5 Å². The van der Waals surface area contributed by atoms with Crippen LogP contribution in [0.3, 0.4) is 0 Å². The molecule has 7 rings (SSSR count). The van der Waals surface area contributed by atoms with Crippen molar-refractivity contribution >= 4 is 33.6 Å². The number of piperidine rings is 1. The van der Waals surface area contributed by atoms with E-state index < -0.39 is 6.10 Å². The summed E-state index contributed by atoms with van der Waals surface area (Å²) < 4.78 is 21.6. The largest absolute Gasteiger partial charge is 0.508 e. The number of hydrogen-bond acceptors (Lipinski definition) is 9. The van der Waals surface area contributed by atoms with Crippen LogP contribution in [-0.4, -0.2) is 74.5 Å². The molecule has 5 heterocycles. The minimum absolute atomic E-state index is 0.0206. The lowest BCUT2D eigenvalue weighted by molar-refractivity contribution is 0.107. The van der Waals surface area contributed by atoms with Gasteiger partial charge in [0.05, 0.1) is 33.9 Å². The van der Waals surface area contributed by atoms with Gasteiger partial charge in [-0.05, 0) is 112 Å². The molecule has 2 aromatic carbocycles. The van der Waals surface area contributed by atoms with Gasteiger partial charge in [-0.25, -0.2) is 9.37 Å². The maximum absolute atomic E-state index is 15.1. The molecule has 4 aromatic rings. The van der Waals surface area contributed by atoms with Crippen LogP contribution in [0, 0.1) is 12.7 Å². The molecular formula is C35H41FN6O3. The van der Waals surface area contributed by atoms with E-state index in [1.165, 1.54) is 25.1 Å². The fourth-order valence-corrected chi connectivity index (χ4v) is 7.92. The summed E-state index contributed by atoms with van der Waals surface area (Å²) in [6.45, 7) is 7.74. The van der Waals surface area contributed by atoms with Crippen molar-refractivity contribution in [3.63, 3.8) is 0 Å². The van der Waals surface area contributed by atoms with Crippen LogP contribution in [0.4, 0.5) is 10.2 Å². The molecule has 3 fully saturated rings. The molecule has 1 atom stereocenters. The number of nitrogens with zero attached hydrogens (tertiary/aromatic N) is 5. The normalized spacial score (nSPS) is 20.1. The second kappa shape index (κ2) is 11.7. The van der Waals surface area contributed by atoms with Gasteiger partial charge in [-0.1, -0.05) is 13.0 Å². The third-order valence-electron chi connectivity index (χ3n) is 10.1. The van der Waals surface area contributed by atoms with Crippen LogP contribution in [0.25, 0.3) is 39.0 Å². The van der Waals surface area contributed by atoms with Crippen LogP contribution in [-0.2, 0) is 6.42 Å². The van der Waals surface area contributed by atoms with Gasteiger partial charge >= 0.3 is 6.01 Å². The van der Waals surface area contributed by atoms with Gasteiger partial charge in [0.15, 0.2) is 0 Å². The van der Waals surface area contributed by atoms with E-state index in [1.54, 1.807) is 24.3 Å². The Morgan fingerprint density at radius 1 is 1.09 bits per heavy atom. The van der Waals surface area contributed by atoms with Gasteiger partial charge in [0.1, 0.15) is 24.0 Å². The highest BCUT2D eigenvalue weighted by atomic mass is 19.1. The van der Waals surface area contributed by atoms with Crippen LogP contribution in [0.2, 0.25) is 0 Å². The molecule has 0 bridgehead atoms. The molecular weight excluding hydrogens is 571 g/mol. The number of β-amino-alcohol motifs (C(OH)–C–C–N with tert-alkyl or cyclic N) is 1. The number of aromatic hydroxyl groups is 1. The molecule has 3 saturated heterocycles. The van der Waals surface area contributed by atoms with Crippen molar-refractivity contribution in [2.24, 2.45) is 5.73 Å². The second-order valence-electron chi connectivity index (χ2n) is 12.8. The number of benzene rings is 2. The summed E-state index contributed by atoms with van der Waals surface area (Å²) in [6.07, 6.45) is 9.26. The molecule has 236 valence electrons. The zero-order valence-electron chi connectivity index (χ0n) is 26.0. The first-order chi connectivity index (χ1) is 21.8. The van der Waals surface area contributed by atoms with Crippen LogP contribution < -0.4 is 15.4 Å². The fourth-order valence-electron chi connectivity index (χ4n) is 7.92. The van der Waals surface area contributed by atoms with Crippen LogP contribution in [0.5, 0.6) is 11.8 Å². The topological polar surface area (TPSA) is 121 Å². The Labute approximate surface area is 262 Å². The van der Waals surface area contributed by atoms with Gasteiger partial charge in [-0.3, -0.25) is 4.90 Å². The SMILES string of the molecule is CCc1c(F)ccc2cc(O)cc(-c3nc(/C=C\N)c4c(N5CCCC(O)C5)nc(OCC56CCCN5CCC6)nc4c3C)c12. The summed E-state index contributed by atoms with van der Waals surface area (Å²) in [5.41, 5.74) is 9.70. The van der Waals surface area contributed by atoms with E-state index in [0.29, 0.717) is 64.2 Å². The first-order valence-electron chi connectivity index (χ1n) is 16.2. The highest BCUT2D eigenvalue weighted by molar-refractivity contribution is 6.05. The average molecular weight is 613 g/mol. The number of halogens is 1. The van der Waals surface area contributed by atoms with E-state index in [4.69, 9.17) is 25.4 Å². The standard InChI is InChI=1S/C35H41FN6O3/c1-3-25-27(36)9-8-22-17-24(44)18-26(29(22)25)31-21(2)32-30(28(38-31)10-13-37)33(41-14-4-7-23(43)19-41)40-34(39-32)45-20-35-11-5-15-42(35)16-6-12-35/h8-10,13,17-18,23,43-44H,3-7,11-12,14-16,19-20,37H2,1-2H3/b13-10-. The summed E-state index contributed by atoms with van der Waals surface area (Å²) in [6, 6.07) is 6.71. The lowest BCUT2D eigenvalue weighted by atomic mass is 9.92.